The Bertz CT molecular complexity index is 878. The number of alkyl halides is 3. The third kappa shape index (κ3) is 3.02. The highest BCUT2D eigenvalue weighted by atomic mass is 19.4. The van der Waals surface area contributed by atoms with E-state index in [1.807, 2.05) is 11.8 Å². The van der Waals surface area contributed by atoms with Gasteiger partial charge < -0.3 is 10.2 Å². The Morgan fingerprint density at radius 2 is 1.89 bits per heavy atom. The van der Waals surface area contributed by atoms with Crippen LogP contribution in [0, 0.1) is 6.92 Å². The number of aryl methyl sites for hydroxylation is 1. The molecule has 1 spiro atoms. The van der Waals surface area contributed by atoms with Crippen LogP contribution < -0.4 is 10.2 Å². The lowest BCUT2D eigenvalue weighted by atomic mass is 9.94. The van der Waals surface area contributed by atoms with Gasteiger partial charge in [-0.25, -0.2) is 9.97 Å². The van der Waals surface area contributed by atoms with E-state index in [-0.39, 0.29) is 5.91 Å². The second-order valence-electron chi connectivity index (χ2n) is 7.06. The summed E-state index contributed by atoms with van der Waals surface area (Å²) >= 11 is 0. The van der Waals surface area contributed by atoms with Gasteiger partial charge in [-0.2, -0.15) is 13.2 Å². The number of hydrogen-bond donors (Lipinski definition) is 1. The van der Waals surface area contributed by atoms with Crippen molar-refractivity contribution in [3.05, 3.63) is 41.6 Å². The molecule has 1 amide bonds. The number of halogens is 3. The Hall–Kier alpha value is -2.64. The molecular formula is C19H19F3N4O. The number of nitrogens with one attached hydrogen (secondary N) is 1. The molecule has 142 valence electrons. The van der Waals surface area contributed by atoms with Crippen LogP contribution >= 0.6 is 0 Å². The van der Waals surface area contributed by atoms with E-state index in [4.69, 9.17) is 0 Å². The van der Waals surface area contributed by atoms with Crippen molar-refractivity contribution in [3.8, 4) is 11.3 Å². The molecule has 2 fully saturated rings. The molecule has 1 aromatic carbocycles. The molecule has 1 atom stereocenters. The van der Waals surface area contributed by atoms with Crippen LogP contribution in [0.15, 0.2) is 30.3 Å². The van der Waals surface area contributed by atoms with Crippen molar-refractivity contribution in [2.75, 3.05) is 18.0 Å². The first kappa shape index (κ1) is 17.8. The fourth-order valence-corrected chi connectivity index (χ4v) is 3.98. The Kier molecular flexibility index (Phi) is 4.09. The highest BCUT2D eigenvalue weighted by Crippen LogP contribution is 2.38. The van der Waals surface area contributed by atoms with Gasteiger partial charge in [0, 0.05) is 24.3 Å². The van der Waals surface area contributed by atoms with Gasteiger partial charge in [0.25, 0.3) is 0 Å². The summed E-state index contributed by atoms with van der Waals surface area (Å²) in [5.41, 5.74) is 0.532. The second kappa shape index (κ2) is 6.21. The zero-order valence-corrected chi connectivity index (χ0v) is 14.8. The first-order chi connectivity index (χ1) is 12.8. The van der Waals surface area contributed by atoms with Crippen LogP contribution in [0.25, 0.3) is 11.3 Å². The smallest absolute Gasteiger partial charge is 0.354 e. The Morgan fingerprint density at radius 3 is 2.52 bits per heavy atom. The van der Waals surface area contributed by atoms with E-state index < -0.39 is 17.3 Å². The number of rotatable bonds is 2. The van der Waals surface area contributed by atoms with E-state index in [0.29, 0.717) is 42.4 Å². The van der Waals surface area contributed by atoms with Crippen molar-refractivity contribution in [2.45, 2.75) is 37.9 Å². The number of carbonyl (C=O) groups is 1. The minimum atomic E-state index is -4.37. The highest BCUT2D eigenvalue weighted by Gasteiger charge is 2.51. The van der Waals surface area contributed by atoms with Crippen LogP contribution in [0.4, 0.5) is 19.1 Å². The van der Waals surface area contributed by atoms with Crippen LogP contribution in [0.5, 0.6) is 0 Å². The van der Waals surface area contributed by atoms with Crippen molar-refractivity contribution >= 4 is 11.9 Å². The van der Waals surface area contributed by atoms with Crippen LogP contribution in [-0.2, 0) is 11.0 Å². The van der Waals surface area contributed by atoms with Gasteiger partial charge in [0.05, 0.1) is 11.3 Å². The van der Waals surface area contributed by atoms with E-state index in [0.717, 1.165) is 25.0 Å². The summed E-state index contributed by atoms with van der Waals surface area (Å²) in [6.45, 7) is 3.13. The molecule has 8 heteroatoms. The molecule has 4 rings (SSSR count). The predicted octanol–water partition coefficient (Wildman–Crippen LogP) is 3.33. The maximum absolute atomic E-state index is 12.8. The van der Waals surface area contributed by atoms with E-state index in [1.165, 1.54) is 12.1 Å². The van der Waals surface area contributed by atoms with Crippen molar-refractivity contribution in [3.63, 3.8) is 0 Å². The minimum absolute atomic E-state index is 0.00110. The molecule has 2 aliphatic heterocycles. The van der Waals surface area contributed by atoms with E-state index in [9.17, 15) is 18.0 Å². The molecule has 0 radical (unpaired) electrons. The number of amides is 1. The third-order valence-electron chi connectivity index (χ3n) is 5.33. The first-order valence-corrected chi connectivity index (χ1v) is 8.89. The lowest BCUT2D eigenvalue weighted by Crippen LogP contribution is -2.50. The SMILES string of the molecule is Cc1cc(-c2ccc(C(F)(F)F)cc2)nc(N2CCCC23CCNC3=O)n1. The lowest BCUT2D eigenvalue weighted by molar-refractivity contribution is -0.137. The van der Waals surface area contributed by atoms with E-state index in [2.05, 4.69) is 15.3 Å². The van der Waals surface area contributed by atoms with Gasteiger partial charge in [0.2, 0.25) is 11.9 Å². The molecule has 1 N–H and O–H groups in total. The zero-order valence-electron chi connectivity index (χ0n) is 14.8. The van der Waals surface area contributed by atoms with Crippen LogP contribution in [0.2, 0.25) is 0 Å². The Balaban J connectivity index is 1.71. The summed E-state index contributed by atoms with van der Waals surface area (Å²) in [6, 6.07) is 6.67. The van der Waals surface area contributed by atoms with Crippen molar-refractivity contribution in [1.82, 2.24) is 15.3 Å². The van der Waals surface area contributed by atoms with Crippen molar-refractivity contribution in [1.29, 1.82) is 0 Å². The normalized spacial score (nSPS) is 22.5. The maximum Gasteiger partial charge on any atom is 0.416 e. The van der Waals surface area contributed by atoms with Crippen LogP contribution in [0.3, 0.4) is 0 Å². The Labute approximate surface area is 154 Å². The average Bonchev–Trinajstić information content (AvgIpc) is 3.21. The van der Waals surface area contributed by atoms with Crippen LogP contribution in [-0.4, -0.2) is 34.5 Å². The summed E-state index contributed by atoms with van der Waals surface area (Å²) in [7, 11) is 0. The zero-order chi connectivity index (χ0) is 19.2. The quantitative estimate of drug-likeness (QED) is 0.874. The van der Waals surface area contributed by atoms with Gasteiger partial charge in [0.15, 0.2) is 0 Å². The average molecular weight is 376 g/mol. The summed E-state index contributed by atoms with van der Waals surface area (Å²) in [6.07, 6.45) is -2.03. The van der Waals surface area contributed by atoms with E-state index >= 15 is 0 Å². The highest BCUT2D eigenvalue weighted by molar-refractivity contribution is 5.92. The first-order valence-electron chi connectivity index (χ1n) is 8.89. The lowest BCUT2D eigenvalue weighted by Gasteiger charge is -2.32. The second-order valence-corrected chi connectivity index (χ2v) is 7.06. The summed E-state index contributed by atoms with van der Waals surface area (Å²) in [4.78, 5) is 23.5. The van der Waals surface area contributed by atoms with Crippen LogP contribution in [0.1, 0.15) is 30.5 Å². The number of anilines is 1. The molecule has 0 aliphatic carbocycles. The fraction of sp³-hybridized carbons (Fsp3) is 0.421. The molecule has 0 bridgehead atoms. The minimum Gasteiger partial charge on any atom is -0.354 e. The number of nitrogens with zero attached hydrogens (tertiary/aromatic N) is 3. The largest absolute Gasteiger partial charge is 0.416 e. The molecule has 3 heterocycles. The molecule has 0 saturated carbocycles. The number of aromatic nitrogens is 2. The van der Waals surface area contributed by atoms with Crippen molar-refractivity contribution in [2.24, 2.45) is 0 Å². The van der Waals surface area contributed by atoms with Gasteiger partial charge in [-0.05, 0) is 44.4 Å². The molecular weight excluding hydrogens is 357 g/mol. The molecule has 2 aromatic rings. The van der Waals surface area contributed by atoms with E-state index in [1.54, 1.807) is 6.07 Å². The van der Waals surface area contributed by atoms with Gasteiger partial charge in [0.1, 0.15) is 5.54 Å². The third-order valence-corrected chi connectivity index (χ3v) is 5.33. The maximum atomic E-state index is 12.8. The fourth-order valence-electron chi connectivity index (χ4n) is 3.98. The summed E-state index contributed by atoms with van der Waals surface area (Å²) in [5.74, 6) is 0.459. The van der Waals surface area contributed by atoms with Gasteiger partial charge in [-0.15, -0.1) is 0 Å². The van der Waals surface area contributed by atoms with Gasteiger partial charge in [-0.1, -0.05) is 12.1 Å². The number of benzene rings is 1. The van der Waals surface area contributed by atoms with Gasteiger partial charge in [-0.3, -0.25) is 4.79 Å². The molecule has 5 nitrogen and oxygen atoms in total. The van der Waals surface area contributed by atoms with Gasteiger partial charge >= 0.3 is 6.18 Å². The number of hydrogen-bond acceptors (Lipinski definition) is 4. The molecule has 1 unspecified atom stereocenters. The molecule has 2 saturated heterocycles. The Morgan fingerprint density at radius 1 is 1.15 bits per heavy atom. The standard InChI is InChI=1S/C19H19F3N4O/c1-12-11-15(13-3-5-14(6-4-13)19(20,21)22)25-17(24-12)26-10-2-7-18(26)8-9-23-16(18)27/h3-6,11H,2,7-10H2,1H3,(H,23,27). The predicted molar refractivity (Wildman–Crippen MR) is 94.1 cm³/mol. The summed E-state index contributed by atoms with van der Waals surface area (Å²) < 4.78 is 38.4. The molecule has 1 aromatic heterocycles. The molecule has 27 heavy (non-hydrogen) atoms. The monoisotopic (exact) mass is 376 g/mol. The van der Waals surface area contributed by atoms with Crippen molar-refractivity contribution < 1.29 is 18.0 Å². The summed E-state index contributed by atoms with van der Waals surface area (Å²) in [5, 5.41) is 2.89. The number of carbonyl (C=O) groups excluding carboxylic acids is 1. The molecule has 2 aliphatic rings. The topological polar surface area (TPSA) is 58.1 Å².